The number of methoxy groups -OCH3 is 1. The predicted molar refractivity (Wildman–Crippen MR) is 78.9 cm³/mol. The van der Waals surface area contributed by atoms with Crippen LogP contribution in [0.4, 0.5) is 8.78 Å². The van der Waals surface area contributed by atoms with Crippen molar-refractivity contribution < 1.29 is 18.3 Å². The fourth-order valence-corrected chi connectivity index (χ4v) is 2.37. The first-order chi connectivity index (χ1) is 9.56. The van der Waals surface area contributed by atoms with Crippen molar-refractivity contribution in [1.29, 1.82) is 0 Å². The Hall–Kier alpha value is -1.01. The summed E-state index contributed by atoms with van der Waals surface area (Å²) in [5.41, 5.74) is 0.884. The highest BCUT2D eigenvalue weighted by Crippen LogP contribution is 2.29. The van der Waals surface area contributed by atoms with Crippen molar-refractivity contribution in [1.82, 2.24) is 5.32 Å². The molecule has 0 aromatic heterocycles. The SMILES string of the molecule is CCSCC(C)NCc1ccc(OC)c(OC(F)F)c1. The van der Waals surface area contributed by atoms with Gasteiger partial charge in [-0.15, -0.1) is 0 Å². The molecule has 0 aliphatic carbocycles. The topological polar surface area (TPSA) is 30.5 Å². The maximum absolute atomic E-state index is 12.3. The number of ether oxygens (including phenoxy) is 2. The van der Waals surface area contributed by atoms with Crippen LogP contribution in [-0.4, -0.2) is 31.3 Å². The average Bonchev–Trinajstić information content (AvgIpc) is 2.42. The third kappa shape index (κ3) is 5.96. The Balaban J connectivity index is 2.62. The van der Waals surface area contributed by atoms with E-state index in [1.807, 2.05) is 17.8 Å². The van der Waals surface area contributed by atoms with Crippen LogP contribution in [0.25, 0.3) is 0 Å². The maximum atomic E-state index is 12.3. The van der Waals surface area contributed by atoms with Crippen molar-refractivity contribution in [3.63, 3.8) is 0 Å². The molecule has 1 aromatic rings. The van der Waals surface area contributed by atoms with Gasteiger partial charge in [0.2, 0.25) is 0 Å². The van der Waals surface area contributed by atoms with E-state index in [0.29, 0.717) is 18.3 Å². The van der Waals surface area contributed by atoms with Crippen LogP contribution in [0.1, 0.15) is 19.4 Å². The number of alkyl halides is 2. The summed E-state index contributed by atoms with van der Waals surface area (Å²) in [7, 11) is 1.43. The van der Waals surface area contributed by atoms with Gasteiger partial charge in [-0.1, -0.05) is 13.0 Å². The molecule has 0 aliphatic heterocycles. The first-order valence-electron chi connectivity index (χ1n) is 6.49. The van der Waals surface area contributed by atoms with Gasteiger partial charge in [-0.3, -0.25) is 0 Å². The minimum atomic E-state index is -2.85. The van der Waals surface area contributed by atoms with Crippen molar-refractivity contribution >= 4 is 11.8 Å². The molecule has 0 amide bonds. The average molecular weight is 305 g/mol. The number of thioether (sulfide) groups is 1. The number of nitrogens with one attached hydrogen (secondary N) is 1. The van der Waals surface area contributed by atoms with Gasteiger partial charge in [0, 0.05) is 18.3 Å². The summed E-state index contributed by atoms with van der Waals surface area (Å²) in [4.78, 5) is 0. The summed E-state index contributed by atoms with van der Waals surface area (Å²) in [5.74, 6) is 2.48. The second-order valence-corrected chi connectivity index (χ2v) is 5.62. The van der Waals surface area contributed by atoms with Crippen molar-refractivity contribution in [2.75, 3.05) is 18.6 Å². The molecule has 0 radical (unpaired) electrons. The molecule has 1 N–H and O–H groups in total. The van der Waals surface area contributed by atoms with Gasteiger partial charge in [-0.2, -0.15) is 20.5 Å². The lowest BCUT2D eigenvalue weighted by Crippen LogP contribution is -2.27. The monoisotopic (exact) mass is 305 g/mol. The summed E-state index contributed by atoms with van der Waals surface area (Å²) in [5, 5.41) is 3.35. The Kier molecular flexibility index (Phi) is 7.69. The van der Waals surface area contributed by atoms with Gasteiger partial charge in [0.1, 0.15) is 0 Å². The molecule has 0 bridgehead atoms. The highest BCUT2D eigenvalue weighted by atomic mass is 32.2. The number of rotatable bonds is 9. The van der Waals surface area contributed by atoms with Crippen LogP contribution < -0.4 is 14.8 Å². The van der Waals surface area contributed by atoms with E-state index in [1.54, 1.807) is 12.1 Å². The quantitative estimate of drug-likeness (QED) is 0.756. The summed E-state index contributed by atoms with van der Waals surface area (Å²) in [6.45, 7) is 1.97. The summed E-state index contributed by atoms with van der Waals surface area (Å²) >= 11 is 1.86. The maximum Gasteiger partial charge on any atom is 0.387 e. The van der Waals surface area contributed by atoms with E-state index in [1.165, 1.54) is 7.11 Å². The molecule has 0 heterocycles. The Morgan fingerprint density at radius 2 is 2.05 bits per heavy atom. The summed E-state index contributed by atoms with van der Waals surface area (Å²) < 4.78 is 34.1. The smallest absolute Gasteiger partial charge is 0.387 e. The lowest BCUT2D eigenvalue weighted by Gasteiger charge is -2.15. The third-order valence-electron chi connectivity index (χ3n) is 2.67. The number of hydrogen-bond donors (Lipinski definition) is 1. The first kappa shape index (κ1) is 17.0. The number of halogens is 2. The summed E-state index contributed by atoms with van der Waals surface area (Å²) in [6.07, 6.45) is 0. The number of hydrogen-bond acceptors (Lipinski definition) is 4. The van der Waals surface area contributed by atoms with Crippen molar-refractivity contribution in [2.24, 2.45) is 0 Å². The molecule has 1 unspecified atom stereocenters. The Labute approximate surface area is 123 Å². The third-order valence-corrected chi connectivity index (χ3v) is 3.81. The van der Waals surface area contributed by atoms with E-state index in [4.69, 9.17) is 4.74 Å². The Morgan fingerprint density at radius 1 is 1.30 bits per heavy atom. The van der Waals surface area contributed by atoms with E-state index in [2.05, 4.69) is 23.9 Å². The minimum absolute atomic E-state index is 0.0670. The zero-order valence-corrected chi connectivity index (χ0v) is 12.8. The van der Waals surface area contributed by atoms with Gasteiger partial charge in [0.15, 0.2) is 11.5 Å². The Morgan fingerprint density at radius 3 is 2.65 bits per heavy atom. The fraction of sp³-hybridized carbons (Fsp3) is 0.571. The molecule has 20 heavy (non-hydrogen) atoms. The summed E-state index contributed by atoms with van der Waals surface area (Å²) in [6, 6.07) is 5.42. The molecule has 0 saturated heterocycles. The molecule has 0 fully saturated rings. The molecule has 1 aromatic carbocycles. The zero-order chi connectivity index (χ0) is 15.0. The standard InChI is InChI=1S/C14H21F2NO2S/c1-4-20-9-10(2)17-8-11-5-6-12(18-3)13(7-11)19-14(15)16/h5-7,10,14,17H,4,8-9H2,1-3H3. The van der Waals surface area contributed by atoms with E-state index >= 15 is 0 Å². The van der Waals surface area contributed by atoms with Gasteiger partial charge in [0.25, 0.3) is 0 Å². The van der Waals surface area contributed by atoms with Crippen LogP contribution in [-0.2, 0) is 6.54 Å². The van der Waals surface area contributed by atoms with Gasteiger partial charge < -0.3 is 14.8 Å². The molecule has 1 rings (SSSR count). The van der Waals surface area contributed by atoms with E-state index in [0.717, 1.165) is 17.1 Å². The molecule has 3 nitrogen and oxygen atoms in total. The molecule has 6 heteroatoms. The van der Waals surface area contributed by atoms with Crippen LogP contribution in [0, 0.1) is 0 Å². The lowest BCUT2D eigenvalue weighted by atomic mass is 10.2. The lowest BCUT2D eigenvalue weighted by molar-refractivity contribution is -0.0512. The van der Waals surface area contributed by atoms with E-state index in [-0.39, 0.29) is 5.75 Å². The number of benzene rings is 1. The molecule has 0 spiro atoms. The molecule has 0 saturated carbocycles. The van der Waals surface area contributed by atoms with Gasteiger partial charge >= 0.3 is 6.61 Å². The van der Waals surface area contributed by atoms with E-state index < -0.39 is 6.61 Å². The molecular weight excluding hydrogens is 284 g/mol. The molecular formula is C14H21F2NO2S. The zero-order valence-electron chi connectivity index (χ0n) is 12.0. The Bertz CT molecular complexity index is 405. The van der Waals surface area contributed by atoms with Crippen LogP contribution in [0.2, 0.25) is 0 Å². The van der Waals surface area contributed by atoms with Crippen LogP contribution in [0.3, 0.4) is 0 Å². The minimum Gasteiger partial charge on any atom is -0.493 e. The van der Waals surface area contributed by atoms with Crippen LogP contribution >= 0.6 is 11.8 Å². The highest BCUT2D eigenvalue weighted by Gasteiger charge is 2.11. The fourth-order valence-electron chi connectivity index (χ4n) is 1.66. The molecule has 114 valence electrons. The van der Waals surface area contributed by atoms with E-state index in [9.17, 15) is 8.78 Å². The van der Waals surface area contributed by atoms with Gasteiger partial charge in [0.05, 0.1) is 7.11 Å². The van der Waals surface area contributed by atoms with Crippen molar-refractivity contribution in [3.8, 4) is 11.5 Å². The molecule has 0 aliphatic rings. The van der Waals surface area contributed by atoms with Crippen LogP contribution in [0.5, 0.6) is 11.5 Å². The first-order valence-corrected chi connectivity index (χ1v) is 7.65. The van der Waals surface area contributed by atoms with Gasteiger partial charge in [-0.05, 0) is 30.4 Å². The second kappa shape index (κ2) is 9.02. The van der Waals surface area contributed by atoms with Crippen molar-refractivity contribution in [3.05, 3.63) is 23.8 Å². The second-order valence-electron chi connectivity index (χ2n) is 4.31. The highest BCUT2D eigenvalue weighted by molar-refractivity contribution is 7.99. The predicted octanol–water partition coefficient (Wildman–Crippen LogP) is 3.53. The van der Waals surface area contributed by atoms with Crippen LogP contribution in [0.15, 0.2) is 18.2 Å². The van der Waals surface area contributed by atoms with Crippen molar-refractivity contribution in [2.45, 2.75) is 33.0 Å². The largest absolute Gasteiger partial charge is 0.493 e. The van der Waals surface area contributed by atoms with Gasteiger partial charge in [-0.25, -0.2) is 0 Å². The molecule has 1 atom stereocenters. The normalized spacial score (nSPS) is 12.5.